The Balaban J connectivity index is 3.07. The highest BCUT2D eigenvalue weighted by atomic mass is 16.5. The molecular formula is C15H25NO2. The van der Waals surface area contributed by atoms with E-state index in [2.05, 4.69) is 38.2 Å². The second-order valence-electron chi connectivity index (χ2n) is 5.57. The maximum Gasteiger partial charge on any atom is 0.119 e. The SMILES string of the molecule is CNC(c1cccc(OC)c1)C(OC)C(C)(C)C. The molecule has 0 heterocycles. The van der Waals surface area contributed by atoms with E-state index in [0.29, 0.717) is 0 Å². The number of nitrogens with one attached hydrogen (secondary N) is 1. The number of ether oxygens (including phenoxy) is 2. The number of likely N-dealkylation sites (N-methyl/N-ethyl adjacent to an activating group) is 1. The van der Waals surface area contributed by atoms with E-state index in [-0.39, 0.29) is 17.6 Å². The van der Waals surface area contributed by atoms with Crippen molar-refractivity contribution in [2.24, 2.45) is 5.41 Å². The van der Waals surface area contributed by atoms with Crippen LogP contribution in [0, 0.1) is 5.41 Å². The lowest BCUT2D eigenvalue weighted by molar-refractivity contribution is -0.0102. The minimum Gasteiger partial charge on any atom is -0.497 e. The van der Waals surface area contributed by atoms with E-state index in [1.165, 1.54) is 5.56 Å². The van der Waals surface area contributed by atoms with Gasteiger partial charge in [-0.3, -0.25) is 0 Å². The minimum atomic E-state index is 0.0610. The normalized spacial score (nSPS) is 15.2. The summed E-state index contributed by atoms with van der Waals surface area (Å²) < 4.78 is 11.0. The van der Waals surface area contributed by atoms with E-state index in [0.717, 1.165) is 5.75 Å². The van der Waals surface area contributed by atoms with Crippen molar-refractivity contribution in [3.8, 4) is 5.75 Å². The van der Waals surface area contributed by atoms with Crippen LogP contribution >= 0.6 is 0 Å². The lowest BCUT2D eigenvalue weighted by atomic mass is 9.82. The second kappa shape index (κ2) is 6.21. The molecule has 0 aliphatic rings. The standard InChI is InChI=1S/C15H25NO2/c1-15(2,3)14(18-6)13(16-4)11-8-7-9-12(10-11)17-5/h7-10,13-14,16H,1-6H3. The van der Waals surface area contributed by atoms with Gasteiger partial charge in [0, 0.05) is 7.11 Å². The van der Waals surface area contributed by atoms with E-state index in [4.69, 9.17) is 9.47 Å². The van der Waals surface area contributed by atoms with Gasteiger partial charge in [0.05, 0.1) is 19.3 Å². The van der Waals surface area contributed by atoms with Crippen molar-refractivity contribution in [3.05, 3.63) is 29.8 Å². The molecule has 2 atom stereocenters. The van der Waals surface area contributed by atoms with Crippen LogP contribution < -0.4 is 10.1 Å². The van der Waals surface area contributed by atoms with Crippen molar-refractivity contribution in [1.29, 1.82) is 0 Å². The van der Waals surface area contributed by atoms with Crippen molar-refractivity contribution in [2.75, 3.05) is 21.3 Å². The number of hydrogen-bond acceptors (Lipinski definition) is 3. The van der Waals surface area contributed by atoms with Gasteiger partial charge in [-0.2, -0.15) is 0 Å². The fraction of sp³-hybridized carbons (Fsp3) is 0.600. The Hall–Kier alpha value is -1.06. The summed E-state index contributed by atoms with van der Waals surface area (Å²) in [5.74, 6) is 0.872. The van der Waals surface area contributed by atoms with E-state index in [1.54, 1.807) is 14.2 Å². The smallest absolute Gasteiger partial charge is 0.119 e. The van der Waals surface area contributed by atoms with Gasteiger partial charge in [0.15, 0.2) is 0 Å². The van der Waals surface area contributed by atoms with Gasteiger partial charge in [0.2, 0.25) is 0 Å². The Labute approximate surface area is 110 Å². The van der Waals surface area contributed by atoms with Gasteiger partial charge in [-0.05, 0) is 30.2 Å². The molecule has 1 rings (SSSR count). The molecule has 1 aromatic rings. The molecule has 0 amide bonds. The van der Waals surface area contributed by atoms with Crippen LogP contribution in [-0.2, 0) is 4.74 Å². The van der Waals surface area contributed by atoms with Crippen LogP contribution in [0.2, 0.25) is 0 Å². The first-order valence-electron chi connectivity index (χ1n) is 6.28. The highest BCUT2D eigenvalue weighted by Gasteiger charge is 2.32. The molecule has 0 spiro atoms. The topological polar surface area (TPSA) is 30.5 Å². The highest BCUT2D eigenvalue weighted by molar-refractivity contribution is 5.31. The lowest BCUT2D eigenvalue weighted by Gasteiger charge is -2.36. The van der Waals surface area contributed by atoms with Crippen LogP contribution in [0.1, 0.15) is 32.4 Å². The van der Waals surface area contributed by atoms with Crippen LogP contribution in [0.5, 0.6) is 5.75 Å². The molecule has 2 unspecified atom stereocenters. The Morgan fingerprint density at radius 2 is 1.83 bits per heavy atom. The Morgan fingerprint density at radius 3 is 2.28 bits per heavy atom. The summed E-state index contributed by atoms with van der Waals surface area (Å²) in [6.45, 7) is 6.56. The fourth-order valence-corrected chi connectivity index (χ4v) is 2.32. The molecule has 0 bridgehead atoms. The summed E-state index contributed by atoms with van der Waals surface area (Å²) in [5, 5.41) is 3.35. The van der Waals surface area contributed by atoms with E-state index in [1.807, 2.05) is 19.2 Å². The molecule has 0 saturated carbocycles. The monoisotopic (exact) mass is 251 g/mol. The zero-order valence-corrected chi connectivity index (χ0v) is 12.3. The molecule has 0 fully saturated rings. The summed E-state index contributed by atoms with van der Waals surface area (Å²) in [6, 6.07) is 8.26. The molecule has 18 heavy (non-hydrogen) atoms. The average Bonchev–Trinajstić information content (AvgIpc) is 2.34. The number of benzene rings is 1. The first-order chi connectivity index (χ1) is 8.43. The van der Waals surface area contributed by atoms with Gasteiger partial charge in [-0.1, -0.05) is 32.9 Å². The maximum absolute atomic E-state index is 5.69. The Morgan fingerprint density at radius 1 is 1.17 bits per heavy atom. The van der Waals surface area contributed by atoms with Crippen molar-refractivity contribution >= 4 is 0 Å². The predicted octanol–water partition coefficient (Wildman–Crippen LogP) is 3.02. The molecule has 3 heteroatoms. The highest BCUT2D eigenvalue weighted by Crippen LogP contribution is 2.33. The van der Waals surface area contributed by atoms with Gasteiger partial charge >= 0.3 is 0 Å². The van der Waals surface area contributed by atoms with Crippen molar-refractivity contribution < 1.29 is 9.47 Å². The molecule has 0 saturated heterocycles. The van der Waals surface area contributed by atoms with Crippen LogP contribution in [-0.4, -0.2) is 27.4 Å². The third kappa shape index (κ3) is 3.47. The average molecular weight is 251 g/mol. The Kier molecular flexibility index (Phi) is 5.17. The summed E-state index contributed by atoms with van der Waals surface area (Å²) >= 11 is 0. The maximum atomic E-state index is 5.69. The van der Waals surface area contributed by atoms with Crippen LogP contribution in [0.4, 0.5) is 0 Å². The predicted molar refractivity (Wildman–Crippen MR) is 75.0 cm³/mol. The molecule has 0 aliphatic heterocycles. The zero-order chi connectivity index (χ0) is 13.8. The molecule has 3 nitrogen and oxygen atoms in total. The molecule has 0 aliphatic carbocycles. The summed E-state index contributed by atoms with van der Waals surface area (Å²) in [7, 11) is 5.41. The molecule has 0 radical (unpaired) electrons. The quantitative estimate of drug-likeness (QED) is 0.872. The van der Waals surface area contributed by atoms with Crippen LogP contribution in [0.15, 0.2) is 24.3 Å². The zero-order valence-electron chi connectivity index (χ0n) is 12.3. The van der Waals surface area contributed by atoms with E-state index in [9.17, 15) is 0 Å². The molecule has 1 aromatic carbocycles. The number of rotatable bonds is 5. The van der Waals surface area contributed by atoms with Gasteiger partial charge < -0.3 is 14.8 Å². The summed E-state index contributed by atoms with van der Waals surface area (Å²) in [4.78, 5) is 0. The van der Waals surface area contributed by atoms with Crippen molar-refractivity contribution in [2.45, 2.75) is 32.9 Å². The third-order valence-corrected chi connectivity index (χ3v) is 3.17. The molecule has 1 N–H and O–H groups in total. The molecular weight excluding hydrogens is 226 g/mol. The largest absolute Gasteiger partial charge is 0.497 e. The van der Waals surface area contributed by atoms with E-state index >= 15 is 0 Å². The van der Waals surface area contributed by atoms with Gasteiger partial charge in [-0.15, -0.1) is 0 Å². The summed E-state index contributed by atoms with van der Waals surface area (Å²) in [5.41, 5.74) is 1.24. The second-order valence-corrected chi connectivity index (χ2v) is 5.57. The first kappa shape index (κ1) is 15.0. The van der Waals surface area contributed by atoms with Gasteiger partial charge in [-0.25, -0.2) is 0 Å². The van der Waals surface area contributed by atoms with Crippen LogP contribution in [0.25, 0.3) is 0 Å². The molecule has 102 valence electrons. The van der Waals surface area contributed by atoms with Crippen molar-refractivity contribution in [1.82, 2.24) is 5.32 Å². The molecule has 0 aromatic heterocycles. The number of methoxy groups -OCH3 is 2. The lowest BCUT2D eigenvalue weighted by Crippen LogP contribution is -2.40. The first-order valence-corrected chi connectivity index (χ1v) is 6.28. The number of hydrogen-bond donors (Lipinski definition) is 1. The minimum absolute atomic E-state index is 0.0610. The van der Waals surface area contributed by atoms with Crippen molar-refractivity contribution in [3.63, 3.8) is 0 Å². The van der Waals surface area contributed by atoms with E-state index < -0.39 is 0 Å². The fourth-order valence-electron chi connectivity index (χ4n) is 2.32. The van der Waals surface area contributed by atoms with Gasteiger partial charge in [0.1, 0.15) is 5.75 Å². The summed E-state index contributed by atoms with van der Waals surface area (Å²) in [6.07, 6.45) is 0.0922. The van der Waals surface area contributed by atoms with Gasteiger partial charge in [0.25, 0.3) is 0 Å². The third-order valence-electron chi connectivity index (χ3n) is 3.17. The Bertz CT molecular complexity index is 371. The van der Waals surface area contributed by atoms with Crippen LogP contribution in [0.3, 0.4) is 0 Å².